The van der Waals surface area contributed by atoms with Crippen LogP contribution in [0.1, 0.15) is 24.0 Å². The second-order valence-electron chi connectivity index (χ2n) is 7.77. The van der Waals surface area contributed by atoms with Crippen molar-refractivity contribution in [1.29, 1.82) is 0 Å². The number of carbonyl (C=O) groups excluding carboxylic acids is 1. The van der Waals surface area contributed by atoms with Gasteiger partial charge in [0, 0.05) is 32.7 Å². The van der Waals surface area contributed by atoms with E-state index in [-0.39, 0.29) is 5.91 Å². The topological polar surface area (TPSA) is 73.8 Å². The number of piperazine rings is 1. The van der Waals surface area contributed by atoms with E-state index in [0.717, 1.165) is 30.2 Å². The summed E-state index contributed by atoms with van der Waals surface area (Å²) in [5, 5.41) is 0.995. The minimum atomic E-state index is -3.34. The third-order valence-electron chi connectivity index (χ3n) is 5.59. The first-order chi connectivity index (χ1) is 13.2. The Morgan fingerprint density at radius 2 is 1.86 bits per heavy atom. The number of carbonyl (C=O) groups is 1. The van der Waals surface area contributed by atoms with Crippen LogP contribution in [0.4, 0.5) is 5.13 Å². The number of aryl methyl sites for hydroxylation is 2. The van der Waals surface area contributed by atoms with Crippen LogP contribution in [0.15, 0.2) is 12.1 Å². The van der Waals surface area contributed by atoms with Crippen molar-refractivity contribution < 1.29 is 13.2 Å². The monoisotopic (exact) mass is 422 g/mol. The predicted molar refractivity (Wildman–Crippen MR) is 112 cm³/mol. The van der Waals surface area contributed by atoms with Gasteiger partial charge in [-0.3, -0.25) is 4.79 Å². The molecule has 2 saturated heterocycles. The van der Waals surface area contributed by atoms with Gasteiger partial charge in [-0.05, 0) is 43.9 Å². The molecule has 0 spiro atoms. The Balaban J connectivity index is 1.45. The van der Waals surface area contributed by atoms with Crippen LogP contribution in [-0.4, -0.2) is 73.5 Å². The van der Waals surface area contributed by atoms with Gasteiger partial charge in [-0.1, -0.05) is 17.4 Å². The standard InChI is InChI=1S/C19H26N4O3S2/c1-13-11-14(2)17-15(12-13)20-19(27-17)22-9-7-21(8-10-22)18(24)16-5-4-6-23(16)28(3,25)26/h11-12,16H,4-10H2,1-3H3. The number of aromatic nitrogens is 1. The number of hydrogen-bond acceptors (Lipinski definition) is 6. The summed E-state index contributed by atoms with van der Waals surface area (Å²) in [6.07, 6.45) is 2.55. The summed E-state index contributed by atoms with van der Waals surface area (Å²) in [7, 11) is -3.34. The quantitative estimate of drug-likeness (QED) is 0.756. The highest BCUT2D eigenvalue weighted by Gasteiger charge is 2.39. The molecular formula is C19H26N4O3S2. The van der Waals surface area contributed by atoms with E-state index in [4.69, 9.17) is 4.98 Å². The van der Waals surface area contributed by atoms with Crippen molar-refractivity contribution in [2.45, 2.75) is 32.7 Å². The lowest BCUT2D eigenvalue weighted by Gasteiger charge is -2.36. The van der Waals surface area contributed by atoms with Crippen molar-refractivity contribution in [3.05, 3.63) is 23.3 Å². The average molecular weight is 423 g/mol. The summed E-state index contributed by atoms with van der Waals surface area (Å²) in [6, 6.07) is 3.76. The summed E-state index contributed by atoms with van der Waals surface area (Å²) in [4.78, 5) is 21.8. The normalized spacial score (nSPS) is 21.6. The first-order valence-corrected chi connectivity index (χ1v) is 12.3. The van der Waals surface area contributed by atoms with Gasteiger partial charge in [0.25, 0.3) is 0 Å². The van der Waals surface area contributed by atoms with Crippen LogP contribution in [0, 0.1) is 13.8 Å². The molecule has 28 heavy (non-hydrogen) atoms. The SMILES string of the molecule is Cc1cc(C)c2sc(N3CCN(C(=O)C4CCCN4S(C)(=O)=O)CC3)nc2c1. The number of rotatable bonds is 3. The summed E-state index contributed by atoms with van der Waals surface area (Å²) in [6.45, 7) is 7.27. The molecule has 4 rings (SSSR count). The van der Waals surface area contributed by atoms with Crippen molar-refractivity contribution in [2.24, 2.45) is 0 Å². The van der Waals surface area contributed by atoms with E-state index in [2.05, 4.69) is 30.9 Å². The molecule has 2 aliphatic rings. The molecule has 152 valence electrons. The molecule has 1 amide bonds. The molecule has 2 aromatic rings. The van der Waals surface area contributed by atoms with Crippen LogP contribution in [0.5, 0.6) is 0 Å². The van der Waals surface area contributed by atoms with Crippen LogP contribution in [0.25, 0.3) is 10.2 Å². The van der Waals surface area contributed by atoms with Crippen LogP contribution < -0.4 is 4.90 Å². The van der Waals surface area contributed by atoms with Gasteiger partial charge in [-0.25, -0.2) is 13.4 Å². The van der Waals surface area contributed by atoms with E-state index >= 15 is 0 Å². The molecule has 2 aliphatic heterocycles. The van der Waals surface area contributed by atoms with Crippen molar-refractivity contribution in [2.75, 3.05) is 43.9 Å². The largest absolute Gasteiger partial charge is 0.345 e. The fourth-order valence-corrected chi connectivity index (χ4v) is 6.40. The maximum absolute atomic E-state index is 12.9. The summed E-state index contributed by atoms with van der Waals surface area (Å²) < 4.78 is 26.5. The van der Waals surface area contributed by atoms with Gasteiger partial charge in [0.2, 0.25) is 15.9 Å². The third-order valence-corrected chi connectivity index (χ3v) is 8.14. The molecule has 1 aromatic carbocycles. The lowest BCUT2D eigenvalue weighted by atomic mass is 10.1. The number of anilines is 1. The van der Waals surface area contributed by atoms with Gasteiger partial charge >= 0.3 is 0 Å². The summed E-state index contributed by atoms with van der Waals surface area (Å²) >= 11 is 1.70. The third kappa shape index (κ3) is 3.62. The fourth-order valence-electron chi connectivity index (χ4n) is 4.21. The van der Waals surface area contributed by atoms with Gasteiger partial charge in [0.05, 0.1) is 16.5 Å². The molecular weight excluding hydrogens is 396 g/mol. The Morgan fingerprint density at radius 1 is 1.14 bits per heavy atom. The number of hydrogen-bond donors (Lipinski definition) is 0. The van der Waals surface area contributed by atoms with E-state index in [9.17, 15) is 13.2 Å². The molecule has 0 aliphatic carbocycles. The molecule has 1 aromatic heterocycles. The average Bonchev–Trinajstić information content (AvgIpc) is 3.28. The van der Waals surface area contributed by atoms with Crippen molar-refractivity contribution >= 4 is 42.6 Å². The molecule has 2 fully saturated rings. The van der Waals surface area contributed by atoms with Crippen LogP contribution in [0.2, 0.25) is 0 Å². The fraction of sp³-hybridized carbons (Fsp3) is 0.579. The molecule has 9 heteroatoms. The van der Waals surface area contributed by atoms with Gasteiger partial charge in [0.15, 0.2) is 5.13 Å². The Morgan fingerprint density at radius 3 is 2.54 bits per heavy atom. The Bertz CT molecular complexity index is 1010. The maximum Gasteiger partial charge on any atom is 0.241 e. The lowest BCUT2D eigenvalue weighted by Crippen LogP contribution is -2.54. The van der Waals surface area contributed by atoms with Crippen LogP contribution in [-0.2, 0) is 14.8 Å². The number of benzene rings is 1. The van der Waals surface area contributed by atoms with E-state index < -0.39 is 16.1 Å². The maximum atomic E-state index is 12.9. The van der Waals surface area contributed by atoms with Crippen molar-refractivity contribution in [3.63, 3.8) is 0 Å². The predicted octanol–water partition coefficient (Wildman–Crippen LogP) is 1.99. The minimum absolute atomic E-state index is 0.0571. The first-order valence-electron chi connectivity index (χ1n) is 9.62. The van der Waals surface area contributed by atoms with Gasteiger partial charge in [0.1, 0.15) is 6.04 Å². The van der Waals surface area contributed by atoms with Gasteiger partial charge in [-0.2, -0.15) is 4.31 Å². The van der Waals surface area contributed by atoms with Crippen molar-refractivity contribution in [3.8, 4) is 0 Å². The first kappa shape index (κ1) is 19.6. The molecule has 3 heterocycles. The Kier molecular flexibility index (Phi) is 5.09. The zero-order valence-corrected chi connectivity index (χ0v) is 18.1. The zero-order valence-electron chi connectivity index (χ0n) is 16.5. The Labute approximate surface area is 170 Å². The number of nitrogens with zero attached hydrogens (tertiary/aromatic N) is 4. The van der Waals surface area contributed by atoms with Crippen LogP contribution >= 0.6 is 11.3 Å². The molecule has 0 saturated carbocycles. The minimum Gasteiger partial charge on any atom is -0.345 e. The van der Waals surface area contributed by atoms with E-state index in [1.807, 2.05) is 4.90 Å². The van der Waals surface area contributed by atoms with Crippen molar-refractivity contribution in [1.82, 2.24) is 14.2 Å². The van der Waals surface area contributed by atoms with Gasteiger partial charge < -0.3 is 9.80 Å². The highest BCUT2D eigenvalue weighted by atomic mass is 32.2. The second-order valence-corrected chi connectivity index (χ2v) is 10.7. The smallest absolute Gasteiger partial charge is 0.241 e. The molecule has 7 nitrogen and oxygen atoms in total. The van der Waals surface area contributed by atoms with Crippen LogP contribution in [0.3, 0.4) is 0 Å². The molecule has 0 bridgehead atoms. The van der Waals surface area contributed by atoms with Gasteiger partial charge in [-0.15, -0.1) is 0 Å². The number of sulfonamides is 1. The second kappa shape index (κ2) is 7.27. The summed E-state index contributed by atoms with van der Waals surface area (Å²) in [5.41, 5.74) is 3.49. The number of amides is 1. The number of fused-ring (bicyclic) bond motifs is 1. The van der Waals surface area contributed by atoms with E-state index in [1.165, 1.54) is 26.4 Å². The highest BCUT2D eigenvalue weighted by molar-refractivity contribution is 7.88. The highest BCUT2D eigenvalue weighted by Crippen LogP contribution is 2.32. The number of thiazole rings is 1. The molecule has 1 atom stereocenters. The lowest BCUT2D eigenvalue weighted by molar-refractivity contribution is -0.134. The molecule has 1 unspecified atom stereocenters. The molecule has 0 N–H and O–H groups in total. The summed E-state index contributed by atoms with van der Waals surface area (Å²) in [5.74, 6) is -0.0571. The van der Waals surface area contributed by atoms with E-state index in [0.29, 0.717) is 26.1 Å². The zero-order chi connectivity index (χ0) is 20.1. The molecule has 0 radical (unpaired) electrons. The van der Waals surface area contributed by atoms with E-state index in [1.54, 1.807) is 11.3 Å². The Hall–Kier alpha value is -1.71.